The topological polar surface area (TPSA) is 30.9 Å². The first-order valence-electron chi connectivity index (χ1n) is 17.3. The van der Waals surface area contributed by atoms with Crippen LogP contribution in [0, 0.1) is 12.1 Å². The van der Waals surface area contributed by atoms with Crippen molar-refractivity contribution in [2.75, 3.05) is 4.90 Å². The van der Waals surface area contributed by atoms with Gasteiger partial charge in [0.05, 0.1) is 5.54 Å². The second kappa shape index (κ2) is 13.4. The zero-order valence-electron chi connectivity index (χ0n) is 29.1. The molecule has 0 N–H and O–H groups in total. The number of para-hydroxylation sites is 4. The molecule has 0 aliphatic heterocycles. The minimum atomic E-state index is -0.0865. The Morgan fingerprint density at radius 2 is 1.27 bits per heavy atom. The molecule has 0 saturated heterocycles. The summed E-state index contributed by atoms with van der Waals surface area (Å²) in [5.74, 6) is 0.849. The molecule has 256 valence electrons. The van der Waals surface area contributed by atoms with E-state index in [0.29, 0.717) is 0 Å². The van der Waals surface area contributed by atoms with E-state index >= 15 is 0 Å². The van der Waals surface area contributed by atoms with Crippen LogP contribution in [0.1, 0.15) is 20.8 Å². The minimum absolute atomic E-state index is 0. The maximum Gasteiger partial charge on any atom is 0.188 e. The van der Waals surface area contributed by atoms with E-state index in [4.69, 9.17) is 4.98 Å². The summed E-state index contributed by atoms with van der Waals surface area (Å²) >= 11 is 0. The molecule has 52 heavy (non-hydrogen) atoms. The Kier molecular flexibility index (Phi) is 8.61. The van der Waals surface area contributed by atoms with Crippen LogP contribution in [0.5, 0.6) is 0 Å². The third kappa shape index (κ3) is 5.81. The molecule has 0 radical (unpaired) electrons. The molecule has 0 bridgehead atoms. The fourth-order valence-electron chi connectivity index (χ4n) is 7.14. The van der Waals surface area contributed by atoms with Crippen LogP contribution in [0.3, 0.4) is 0 Å². The Morgan fingerprint density at radius 1 is 0.596 bits per heavy atom. The molecule has 0 aliphatic rings. The molecule has 0 atom stereocenters. The summed E-state index contributed by atoms with van der Waals surface area (Å²) in [6, 6.07) is 60.7. The molecule has 9 aromatic rings. The van der Waals surface area contributed by atoms with Crippen LogP contribution in [-0.4, -0.2) is 18.7 Å². The molecule has 0 spiro atoms. The van der Waals surface area contributed by atoms with Gasteiger partial charge in [-0.25, -0.2) is 14.1 Å². The first-order chi connectivity index (χ1) is 24.9. The van der Waals surface area contributed by atoms with Crippen molar-refractivity contribution in [2.45, 2.75) is 26.3 Å². The van der Waals surface area contributed by atoms with E-state index in [1.807, 2.05) is 12.3 Å². The van der Waals surface area contributed by atoms with E-state index in [1.165, 1.54) is 5.52 Å². The average Bonchev–Trinajstić information content (AvgIpc) is 3.73. The first-order valence-corrected chi connectivity index (χ1v) is 17.3. The molecule has 0 saturated carbocycles. The molecule has 0 fully saturated rings. The third-order valence-electron chi connectivity index (χ3n) is 9.52. The van der Waals surface area contributed by atoms with Crippen LogP contribution in [0.15, 0.2) is 164 Å². The van der Waals surface area contributed by atoms with Crippen molar-refractivity contribution in [3.63, 3.8) is 0 Å². The standard InChI is InChI=1S/C46H36N5.Pt/c1-46(2,3)49-32-48(42-23-12-13-24-43(42)49)36-19-14-20-37(30-36)50(35-17-8-5-9-18-35)38-25-26-40-39-21-10-11-22-41(39)51(44(40)31-38)45-29-34(27-28-47-45)33-15-6-4-7-16-33;/h4-29,32H,1-3H3;/q-1;. The summed E-state index contributed by atoms with van der Waals surface area (Å²) in [4.78, 5) is 7.14. The van der Waals surface area contributed by atoms with Crippen LogP contribution in [0.2, 0.25) is 0 Å². The van der Waals surface area contributed by atoms with Crippen LogP contribution in [-0.2, 0) is 26.6 Å². The van der Waals surface area contributed by atoms with Crippen LogP contribution in [0.4, 0.5) is 17.1 Å². The van der Waals surface area contributed by atoms with Crippen LogP contribution < -0.4 is 4.90 Å². The number of hydrogen-bond donors (Lipinski definition) is 0. The molecule has 5 nitrogen and oxygen atoms in total. The molecule has 6 heteroatoms. The van der Waals surface area contributed by atoms with Gasteiger partial charge in [-0.05, 0) is 79.7 Å². The SMILES string of the molecule is CC(C)(C)n1[cH+]n(-c2[c-]c(N(c3[c-]c4c(cc3)c3ccccc3n4-c3cc(-c4ccccc4)ccn3)c3ccccc3)ccc2)c2ccccc21.[Pt]. The van der Waals surface area contributed by atoms with E-state index in [2.05, 4.69) is 203 Å². The number of imidazole rings is 1. The third-order valence-corrected chi connectivity index (χ3v) is 9.52. The van der Waals surface area contributed by atoms with E-state index in [0.717, 1.165) is 67.0 Å². The van der Waals surface area contributed by atoms with E-state index < -0.39 is 0 Å². The molecule has 3 aromatic heterocycles. The van der Waals surface area contributed by atoms with Gasteiger partial charge in [0.1, 0.15) is 5.82 Å². The number of pyridine rings is 1. The molecular weight excluding hydrogens is 818 g/mol. The maximum atomic E-state index is 4.91. The number of aromatic nitrogens is 4. The number of benzene rings is 6. The Balaban J connectivity index is 0.00000387. The van der Waals surface area contributed by atoms with E-state index in [1.54, 1.807) is 0 Å². The normalized spacial score (nSPS) is 11.6. The monoisotopic (exact) mass is 853 g/mol. The molecule has 9 rings (SSSR count). The largest absolute Gasteiger partial charge is 0.358 e. The molecule has 0 aliphatic carbocycles. The van der Waals surface area contributed by atoms with Gasteiger partial charge in [0.25, 0.3) is 0 Å². The second-order valence-electron chi connectivity index (χ2n) is 13.8. The van der Waals surface area contributed by atoms with Gasteiger partial charge in [-0.2, -0.15) is 12.1 Å². The predicted octanol–water partition coefficient (Wildman–Crippen LogP) is 11.7. The summed E-state index contributed by atoms with van der Waals surface area (Å²) in [5, 5.41) is 2.28. The summed E-state index contributed by atoms with van der Waals surface area (Å²) in [5.41, 5.74) is 10.4. The fraction of sp³-hybridized carbons (Fsp3) is 0.0870. The zero-order valence-corrected chi connectivity index (χ0v) is 31.4. The molecule has 3 heterocycles. The smallest absolute Gasteiger partial charge is 0.188 e. The van der Waals surface area contributed by atoms with Crippen molar-refractivity contribution >= 4 is 49.9 Å². The zero-order chi connectivity index (χ0) is 34.5. The van der Waals surface area contributed by atoms with Gasteiger partial charge < -0.3 is 9.47 Å². The predicted molar refractivity (Wildman–Crippen MR) is 211 cm³/mol. The second-order valence-corrected chi connectivity index (χ2v) is 13.8. The van der Waals surface area contributed by atoms with E-state index in [-0.39, 0.29) is 26.6 Å². The van der Waals surface area contributed by atoms with Crippen molar-refractivity contribution in [1.29, 1.82) is 0 Å². The Hall–Kier alpha value is -5.77. The van der Waals surface area contributed by atoms with Gasteiger partial charge in [-0.1, -0.05) is 89.7 Å². The summed E-state index contributed by atoms with van der Waals surface area (Å²) in [6.07, 6.45) is 4.09. The number of fused-ring (bicyclic) bond motifs is 4. The first kappa shape index (κ1) is 33.4. The van der Waals surface area contributed by atoms with Gasteiger partial charge >= 0.3 is 0 Å². The van der Waals surface area contributed by atoms with Gasteiger partial charge in [0.15, 0.2) is 17.4 Å². The van der Waals surface area contributed by atoms with Gasteiger partial charge in [-0.3, -0.25) is 0 Å². The molecular formula is C46H36N5Pt-. The Morgan fingerprint density at radius 3 is 2.04 bits per heavy atom. The Labute approximate surface area is 318 Å². The van der Waals surface area contributed by atoms with Crippen molar-refractivity contribution in [3.8, 4) is 22.6 Å². The number of nitrogens with zero attached hydrogens (tertiary/aromatic N) is 5. The summed E-state index contributed by atoms with van der Waals surface area (Å²) in [7, 11) is 0. The van der Waals surface area contributed by atoms with Crippen molar-refractivity contribution in [3.05, 3.63) is 176 Å². The Bertz CT molecular complexity index is 2690. The molecule has 6 aromatic carbocycles. The van der Waals surface area contributed by atoms with Crippen molar-refractivity contribution in [1.82, 2.24) is 18.7 Å². The average molecular weight is 854 g/mol. The summed E-state index contributed by atoms with van der Waals surface area (Å²) < 4.78 is 6.81. The fourth-order valence-corrected chi connectivity index (χ4v) is 7.14. The number of hydrogen-bond acceptors (Lipinski definition) is 2. The van der Waals surface area contributed by atoms with Crippen molar-refractivity contribution < 1.29 is 21.1 Å². The van der Waals surface area contributed by atoms with Crippen LogP contribution in [0.25, 0.3) is 55.5 Å². The van der Waals surface area contributed by atoms with E-state index in [9.17, 15) is 0 Å². The van der Waals surface area contributed by atoms with Gasteiger partial charge in [0, 0.05) is 56.3 Å². The number of rotatable bonds is 6. The minimum Gasteiger partial charge on any atom is -0.358 e. The quantitative estimate of drug-likeness (QED) is 0.156. The number of anilines is 3. The van der Waals surface area contributed by atoms with Gasteiger partial charge in [-0.15, -0.1) is 29.7 Å². The summed E-state index contributed by atoms with van der Waals surface area (Å²) in [6.45, 7) is 6.71. The molecule has 0 unspecified atom stereocenters. The molecule has 0 amide bonds. The van der Waals surface area contributed by atoms with Crippen molar-refractivity contribution in [2.24, 2.45) is 0 Å². The van der Waals surface area contributed by atoms with Crippen LogP contribution >= 0.6 is 0 Å². The maximum absolute atomic E-state index is 4.91. The van der Waals surface area contributed by atoms with Gasteiger partial charge in [0.2, 0.25) is 0 Å².